The van der Waals surface area contributed by atoms with Gasteiger partial charge in [-0.1, -0.05) is 30.3 Å². The van der Waals surface area contributed by atoms with Crippen molar-refractivity contribution in [2.24, 2.45) is 0 Å². The minimum Gasteiger partial charge on any atom is -0.497 e. The fourth-order valence-corrected chi connectivity index (χ4v) is 4.13. The summed E-state index contributed by atoms with van der Waals surface area (Å²) in [4.78, 5) is 13.8. The molecular formula is C23H20N2O3S. The lowest BCUT2D eigenvalue weighted by atomic mass is 10.1. The Morgan fingerprint density at radius 2 is 1.72 bits per heavy atom. The van der Waals surface area contributed by atoms with Gasteiger partial charge >= 0.3 is 0 Å². The van der Waals surface area contributed by atoms with Crippen molar-refractivity contribution in [2.45, 2.75) is 0 Å². The van der Waals surface area contributed by atoms with Crippen LogP contribution in [0.5, 0.6) is 11.5 Å². The summed E-state index contributed by atoms with van der Waals surface area (Å²) in [7, 11) is 3.16. The average Bonchev–Trinajstić information content (AvgIpc) is 3.43. The second-order valence-electron chi connectivity index (χ2n) is 6.30. The van der Waals surface area contributed by atoms with Crippen molar-refractivity contribution in [1.29, 1.82) is 0 Å². The van der Waals surface area contributed by atoms with Crippen LogP contribution in [0.2, 0.25) is 0 Å². The second-order valence-corrected chi connectivity index (χ2v) is 7.18. The van der Waals surface area contributed by atoms with Gasteiger partial charge in [-0.05, 0) is 29.8 Å². The third-order valence-corrected chi connectivity index (χ3v) is 5.54. The Kier molecular flexibility index (Phi) is 5.35. The molecule has 0 bridgehead atoms. The molecule has 4 rings (SSSR count). The molecule has 2 heterocycles. The van der Waals surface area contributed by atoms with Gasteiger partial charge in [-0.3, -0.25) is 4.79 Å². The van der Waals surface area contributed by atoms with Crippen LogP contribution in [0.25, 0.3) is 16.8 Å². The smallest absolute Gasteiger partial charge is 0.268 e. The number of carbonyl (C=O) groups excluding carboxylic acids is 1. The molecule has 2 aromatic heterocycles. The van der Waals surface area contributed by atoms with Crippen molar-refractivity contribution in [3.05, 3.63) is 83.3 Å². The number of nitrogens with zero attached hydrogens (tertiary/aromatic N) is 1. The molecule has 0 fully saturated rings. The number of thiophene rings is 1. The fourth-order valence-electron chi connectivity index (χ4n) is 3.17. The lowest BCUT2D eigenvalue weighted by molar-refractivity contribution is 0.103. The van der Waals surface area contributed by atoms with E-state index < -0.39 is 0 Å². The second kappa shape index (κ2) is 8.24. The number of hydrogen-bond acceptors (Lipinski definition) is 4. The van der Waals surface area contributed by atoms with E-state index in [2.05, 4.69) is 5.32 Å². The topological polar surface area (TPSA) is 52.5 Å². The Morgan fingerprint density at radius 1 is 0.966 bits per heavy atom. The van der Waals surface area contributed by atoms with E-state index in [1.807, 2.05) is 64.8 Å². The average molecular weight is 404 g/mol. The molecule has 2 aromatic carbocycles. The van der Waals surface area contributed by atoms with Crippen LogP contribution in [0.15, 0.2) is 78.4 Å². The van der Waals surface area contributed by atoms with Crippen LogP contribution in [0.1, 0.15) is 9.67 Å². The van der Waals surface area contributed by atoms with Gasteiger partial charge in [0.05, 0.1) is 25.6 Å². The van der Waals surface area contributed by atoms with Crippen LogP contribution in [0.4, 0.5) is 5.69 Å². The van der Waals surface area contributed by atoms with Gasteiger partial charge in [0.15, 0.2) is 0 Å². The zero-order valence-electron chi connectivity index (χ0n) is 16.1. The summed E-state index contributed by atoms with van der Waals surface area (Å²) in [6.07, 6.45) is 3.88. The molecule has 0 aliphatic heterocycles. The minimum atomic E-state index is -0.201. The molecule has 0 radical (unpaired) electrons. The van der Waals surface area contributed by atoms with Gasteiger partial charge in [0.25, 0.3) is 5.91 Å². The van der Waals surface area contributed by atoms with Crippen molar-refractivity contribution in [3.8, 4) is 28.3 Å². The van der Waals surface area contributed by atoms with Gasteiger partial charge in [0.2, 0.25) is 0 Å². The Balaban J connectivity index is 1.76. The number of methoxy groups -OCH3 is 2. The molecule has 0 spiro atoms. The molecular weight excluding hydrogens is 384 g/mol. The van der Waals surface area contributed by atoms with E-state index in [0.717, 1.165) is 16.8 Å². The van der Waals surface area contributed by atoms with Crippen molar-refractivity contribution in [1.82, 2.24) is 4.57 Å². The van der Waals surface area contributed by atoms with Crippen LogP contribution >= 0.6 is 11.3 Å². The van der Waals surface area contributed by atoms with Crippen LogP contribution in [-0.2, 0) is 0 Å². The van der Waals surface area contributed by atoms with Gasteiger partial charge in [0, 0.05) is 29.4 Å². The molecule has 146 valence electrons. The highest BCUT2D eigenvalue weighted by Crippen LogP contribution is 2.36. The molecule has 29 heavy (non-hydrogen) atoms. The number of ether oxygens (including phenoxy) is 2. The minimum absolute atomic E-state index is 0.201. The summed E-state index contributed by atoms with van der Waals surface area (Å²) in [5.74, 6) is 1.01. The number of carbonyl (C=O) groups is 1. The highest BCUT2D eigenvalue weighted by molar-refractivity contribution is 7.13. The normalized spacial score (nSPS) is 10.6. The van der Waals surface area contributed by atoms with Crippen LogP contribution < -0.4 is 14.8 Å². The molecule has 6 heteroatoms. The number of hydrogen-bond donors (Lipinski definition) is 1. The van der Waals surface area contributed by atoms with Gasteiger partial charge < -0.3 is 19.4 Å². The number of benzene rings is 2. The maximum Gasteiger partial charge on any atom is 0.268 e. The largest absolute Gasteiger partial charge is 0.497 e. The Bertz CT molecular complexity index is 1120. The number of nitrogens with one attached hydrogen (secondary N) is 1. The van der Waals surface area contributed by atoms with Crippen molar-refractivity contribution < 1.29 is 14.3 Å². The standard InChI is InChI=1S/C23H20N2O3S/c1-27-17-10-11-20(28-2)19(14-17)24-23(26)22-21(25-12-6-7-13-25)18(15-29-22)16-8-4-3-5-9-16/h3-15H,1-2H3,(H,24,26). The number of aromatic nitrogens is 1. The summed E-state index contributed by atoms with van der Waals surface area (Å²) >= 11 is 1.42. The van der Waals surface area contributed by atoms with Crippen molar-refractivity contribution in [2.75, 3.05) is 19.5 Å². The highest BCUT2D eigenvalue weighted by Gasteiger charge is 2.21. The Hall–Kier alpha value is -3.51. The lowest BCUT2D eigenvalue weighted by Crippen LogP contribution is -2.13. The van der Waals surface area contributed by atoms with Crippen LogP contribution in [0, 0.1) is 0 Å². The molecule has 0 atom stereocenters. The van der Waals surface area contributed by atoms with Gasteiger partial charge in [0.1, 0.15) is 16.4 Å². The van der Waals surface area contributed by atoms with E-state index in [1.165, 1.54) is 11.3 Å². The van der Waals surface area contributed by atoms with E-state index in [-0.39, 0.29) is 5.91 Å². The predicted molar refractivity (Wildman–Crippen MR) is 117 cm³/mol. The molecule has 0 saturated heterocycles. The first-order chi connectivity index (χ1) is 14.2. The Labute approximate surface area is 173 Å². The van der Waals surface area contributed by atoms with E-state index in [4.69, 9.17) is 9.47 Å². The van der Waals surface area contributed by atoms with E-state index >= 15 is 0 Å². The highest BCUT2D eigenvalue weighted by atomic mass is 32.1. The quantitative estimate of drug-likeness (QED) is 0.463. The Morgan fingerprint density at radius 3 is 2.41 bits per heavy atom. The number of amides is 1. The van der Waals surface area contributed by atoms with E-state index in [1.54, 1.807) is 32.4 Å². The number of anilines is 1. The van der Waals surface area contributed by atoms with E-state index in [9.17, 15) is 4.79 Å². The molecule has 4 aromatic rings. The van der Waals surface area contributed by atoms with Crippen LogP contribution in [-0.4, -0.2) is 24.7 Å². The molecule has 0 aliphatic carbocycles. The zero-order valence-corrected chi connectivity index (χ0v) is 16.9. The summed E-state index contributed by atoms with van der Waals surface area (Å²) in [6, 6.07) is 19.2. The lowest BCUT2D eigenvalue weighted by Gasteiger charge is -2.13. The van der Waals surface area contributed by atoms with Gasteiger partial charge in [-0.25, -0.2) is 0 Å². The monoisotopic (exact) mass is 404 g/mol. The summed E-state index contributed by atoms with van der Waals surface area (Å²) in [5, 5.41) is 4.99. The van der Waals surface area contributed by atoms with Crippen molar-refractivity contribution >= 4 is 22.9 Å². The first kappa shape index (κ1) is 18.8. The SMILES string of the molecule is COc1ccc(OC)c(NC(=O)c2scc(-c3ccccc3)c2-n2cccc2)c1. The summed E-state index contributed by atoms with van der Waals surface area (Å²) < 4.78 is 12.6. The van der Waals surface area contributed by atoms with Gasteiger partial charge in [-0.2, -0.15) is 0 Å². The maximum absolute atomic E-state index is 13.2. The molecule has 1 amide bonds. The molecule has 0 aliphatic rings. The first-order valence-corrected chi connectivity index (χ1v) is 9.93. The maximum atomic E-state index is 13.2. The first-order valence-electron chi connectivity index (χ1n) is 9.05. The summed E-state index contributed by atoms with van der Waals surface area (Å²) in [6.45, 7) is 0. The van der Waals surface area contributed by atoms with Crippen LogP contribution in [0.3, 0.4) is 0 Å². The van der Waals surface area contributed by atoms with E-state index in [0.29, 0.717) is 22.1 Å². The molecule has 0 unspecified atom stereocenters. The van der Waals surface area contributed by atoms with Crippen molar-refractivity contribution in [3.63, 3.8) is 0 Å². The molecule has 1 N–H and O–H groups in total. The fraction of sp³-hybridized carbons (Fsp3) is 0.0870. The third-order valence-electron chi connectivity index (χ3n) is 4.57. The number of rotatable bonds is 6. The zero-order chi connectivity index (χ0) is 20.2. The predicted octanol–water partition coefficient (Wildman–Crippen LogP) is 5.48. The molecule has 5 nitrogen and oxygen atoms in total. The third kappa shape index (κ3) is 3.75. The van der Waals surface area contributed by atoms with Gasteiger partial charge in [-0.15, -0.1) is 11.3 Å². The molecule has 0 saturated carbocycles. The summed E-state index contributed by atoms with van der Waals surface area (Å²) in [5.41, 5.74) is 3.48.